The third-order valence-corrected chi connectivity index (χ3v) is 6.81. The maximum atomic E-state index is 13.5. The molecule has 0 saturated carbocycles. The van der Waals surface area contributed by atoms with Gasteiger partial charge in [0.2, 0.25) is 11.8 Å². The second-order valence-corrected chi connectivity index (χ2v) is 11.3. The van der Waals surface area contributed by atoms with Crippen molar-refractivity contribution in [2.24, 2.45) is 0 Å². The van der Waals surface area contributed by atoms with Crippen LogP contribution >= 0.6 is 0 Å². The largest absolute Gasteiger partial charge is 0.350 e. The molecule has 0 aliphatic rings. The van der Waals surface area contributed by atoms with Crippen LogP contribution in [0.3, 0.4) is 0 Å². The fourth-order valence-corrected chi connectivity index (χ4v) is 4.22. The first kappa shape index (κ1) is 27.3. The van der Waals surface area contributed by atoms with Gasteiger partial charge in [0, 0.05) is 26.2 Å². The van der Waals surface area contributed by atoms with Gasteiger partial charge < -0.3 is 10.2 Å². The second-order valence-electron chi connectivity index (χ2n) is 9.20. The fourth-order valence-electron chi connectivity index (χ4n) is 3.16. The number of hydrogen-bond donors (Lipinski definition) is 1. The molecule has 0 heterocycles. The summed E-state index contributed by atoms with van der Waals surface area (Å²) < 4.78 is 41.4. The van der Waals surface area contributed by atoms with Crippen molar-refractivity contribution in [2.45, 2.75) is 45.8 Å². The van der Waals surface area contributed by atoms with Crippen molar-refractivity contribution in [2.75, 3.05) is 24.9 Å². The molecule has 2 rings (SSSR count). The fraction of sp³-hybridized carbons (Fsp3) is 0.417. The van der Waals surface area contributed by atoms with E-state index >= 15 is 0 Å². The van der Waals surface area contributed by atoms with Crippen molar-refractivity contribution in [1.29, 1.82) is 0 Å². The zero-order valence-corrected chi connectivity index (χ0v) is 21.3. The molecule has 0 aromatic heterocycles. The minimum absolute atomic E-state index is 0.109. The minimum Gasteiger partial charge on any atom is -0.350 e. The van der Waals surface area contributed by atoms with Crippen LogP contribution in [0.5, 0.6) is 0 Å². The average Bonchev–Trinajstić information content (AvgIpc) is 2.75. The van der Waals surface area contributed by atoms with Crippen molar-refractivity contribution in [3.8, 4) is 0 Å². The van der Waals surface area contributed by atoms with E-state index in [1.165, 1.54) is 31.1 Å². The van der Waals surface area contributed by atoms with E-state index < -0.39 is 40.1 Å². The molecule has 0 spiro atoms. The maximum absolute atomic E-state index is 13.5. The van der Waals surface area contributed by atoms with Gasteiger partial charge in [0.25, 0.3) is 0 Å². The Hall–Kier alpha value is -2.98. The molecule has 10 heteroatoms. The number of nitrogens with one attached hydrogen (secondary N) is 1. The number of carbonyl (C=O) groups excluding carboxylic acids is 2. The SMILES string of the molecule is CC(C(=O)NC(C)(C)C)N(Cc1ccccc1)C(=O)CN(c1ccc(F)cc1)S(=O)(=O)N(C)C. The van der Waals surface area contributed by atoms with E-state index in [1.54, 1.807) is 6.92 Å². The third kappa shape index (κ3) is 7.26. The summed E-state index contributed by atoms with van der Waals surface area (Å²) in [6.07, 6.45) is 0. The molecule has 0 aliphatic heterocycles. The molecule has 0 radical (unpaired) electrons. The molecule has 0 aliphatic carbocycles. The number of carbonyl (C=O) groups is 2. The molecule has 2 aromatic rings. The summed E-state index contributed by atoms with van der Waals surface area (Å²) in [6.45, 7) is 6.65. The van der Waals surface area contributed by atoms with Gasteiger partial charge in [-0.25, -0.2) is 8.70 Å². The van der Waals surface area contributed by atoms with Gasteiger partial charge in [0.15, 0.2) is 0 Å². The minimum atomic E-state index is -4.08. The summed E-state index contributed by atoms with van der Waals surface area (Å²) in [6, 6.07) is 13.1. The van der Waals surface area contributed by atoms with Crippen molar-refractivity contribution < 1.29 is 22.4 Å². The Morgan fingerprint density at radius 2 is 1.56 bits per heavy atom. The van der Waals surface area contributed by atoms with Crippen LogP contribution in [0.2, 0.25) is 0 Å². The molecule has 1 N–H and O–H groups in total. The monoisotopic (exact) mass is 492 g/mol. The normalized spacial score (nSPS) is 12.8. The highest BCUT2D eigenvalue weighted by molar-refractivity contribution is 7.90. The van der Waals surface area contributed by atoms with Gasteiger partial charge in [-0.05, 0) is 57.5 Å². The number of anilines is 1. The van der Waals surface area contributed by atoms with Gasteiger partial charge in [-0.3, -0.25) is 9.59 Å². The molecule has 2 aromatic carbocycles. The Morgan fingerprint density at radius 1 is 1.00 bits per heavy atom. The van der Waals surface area contributed by atoms with E-state index in [0.717, 1.165) is 26.3 Å². The number of halogens is 1. The highest BCUT2D eigenvalue weighted by Gasteiger charge is 2.33. The number of amides is 2. The summed E-state index contributed by atoms with van der Waals surface area (Å²) in [7, 11) is -1.40. The van der Waals surface area contributed by atoms with Crippen molar-refractivity contribution in [1.82, 2.24) is 14.5 Å². The van der Waals surface area contributed by atoms with Crippen LogP contribution in [0.4, 0.5) is 10.1 Å². The van der Waals surface area contributed by atoms with Gasteiger partial charge in [0.05, 0.1) is 5.69 Å². The Morgan fingerprint density at radius 3 is 2.06 bits per heavy atom. The molecule has 0 fully saturated rings. The Balaban J connectivity index is 2.43. The number of hydrogen-bond acceptors (Lipinski definition) is 4. The Bertz CT molecular complexity index is 1080. The lowest BCUT2D eigenvalue weighted by atomic mass is 10.1. The van der Waals surface area contributed by atoms with E-state index in [4.69, 9.17) is 0 Å². The first-order valence-corrected chi connectivity index (χ1v) is 12.2. The van der Waals surface area contributed by atoms with Crippen LogP contribution in [0.25, 0.3) is 0 Å². The van der Waals surface area contributed by atoms with Gasteiger partial charge in [-0.2, -0.15) is 12.7 Å². The van der Waals surface area contributed by atoms with Gasteiger partial charge in [-0.15, -0.1) is 0 Å². The Kier molecular flexibility index (Phi) is 8.79. The van der Waals surface area contributed by atoms with Crippen LogP contribution in [-0.4, -0.2) is 61.7 Å². The molecular formula is C24H33FN4O4S. The molecular weight excluding hydrogens is 459 g/mol. The number of rotatable bonds is 9. The first-order chi connectivity index (χ1) is 15.7. The lowest BCUT2D eigenvalue weighted by Gasteiger charge is -2.34. The molecule has 8 nitrogen and oxygen atoms in total. The smallest absolute Gasteiger partial charge is 0.304 e. The molecule has 2 amide bonds. The highest BCUT2D eigenvalue weighted by Crippen LogP contribution is 2.21. The average molecular weight is 493 g/mol. The van der Waals surface area contributed by atoms with Crippen LogP contribution in [0.1, 0.15) is 33.3 Å². The van der Waals surface area contributed by atoms with Gasteiger partial charge in [0.1, 0.15) is 18.4 Å². The lowest BCUT2D eigenvalue weighted by molar-refractivity contribution is -0.140. The molecule has 0 bridgehead atoms. The predicted octanol–water partition coefficient (Wildman–Crippen LogP) is 2.77. The summed E-state index contributed by atoms with van der Waals surface area (Å²) in [5.74, 6) is -1.47. The van der Waals surface area contributed by atoms with Crippen molar-refractivity contribution in [3.05, 3.63) is 66.0 Å². The topological polar surface area (TPSA) is 90.0 Å². The van der Waals surface area contributed by atoms with E-state index in [9.17, 15) is 22.4 Å². The van der Waals surface area contributed by atoms with Crippen LogP contribution in [-0.2, 0) is 26.3 Å². The second kappa shape index (κ2) is 11.0. The lowest BCUT2D eigenvalue weighted by Crippen LogP contribution is -2.54. The summed E-state index contributed by atoms with van der Waals surface area (Å²) in [5.41, 5.74) is 0.409. The van der Waals surface area contributed by atoms with E-state index in [2.05, 4.69) is 5.32 Å². The standard InChI is InChI=1S/C24H33FN4O4S/c1-18(23(31)26-24(2,3)4)28(16-19-10-8-7-9-11-19)22(30)17-29(34(32,33)27(5)6)21-14-12-20(25)13-15-21/h7-15,18H,16-17H2,1-6H3,(H,26,31). The molecule has 1 atom stereocenters. The maximum Gasteiger partial charge on any atom is 0.304 e. The van der Waals surface area contributed by atoms with Crippen LogP contribution in [0.15, 0.2) is 54.6 Å². The number of benzene rings is 2. The van der Waals surface area contributed by atoms with Crippen LogP contribution < -0.4 is 9.62 Å². The molecule has 1 unspecified atom stereocenters. The van der Waals surface area contributed by atoms with Gasteiger partial charge in [-0.1, -0.05) is 30.3 Å². The quantitative estimate of drug-likeness (QED) is 0.583. The zero-order valence-electron chi connectivity index (χ0n) is 20.4. The Labute approximate surface area is 201 Å². The zero-order chi connectivity index (χ0) is 25.7. The van der Waals surface area contributed by atoms with E-state index in [1.807, 2.05) is 51.1 Å². The summed E-state index contributed by atoms with van der Waals surface area (Å²) in [5, 5.41) is 2.87. The molecule has 186 valence electrons. The molecule has 0 saturated heterocycles. The summed E-state index contributed by atoms with van der Waals surface area (Å²) >= 11 is 0. The van der Waals surface area contributed by atoms with Gasteiger partial charge >= 0.3 is 10.2 Å². The van der Waals surface area contributed by atoms with Crippen molar-refractivity contribution in [3.63, 3.8) is 0 Å². The van der Waals surface area contributed by atoms with Crippen molar-refractivity contribution >= 4 is 27.7 Å². The summed E-state index contributed by atoms with van der Waals surface area (Å²) in [4.78, 5) is 27.8. The molecule has 34 heavy (non-hydrogen) atoms. The van der Waals surface area contributed by atoms with E-state index in [0.29, 0.717) is 0 Å². The highest BCUT2D eigenvalue weighted by atomic mass is 32.2. The van der Waals surface area contributed by atoms with E-state index in [-0.39, 0.29) is 18.1 Å². The van der Waals surface area contributed by atoms with Crippen LogP contribution in [0, 0.1) is 5.82 Å². The number of nitrogens with zero attached hydrogens (tertiary/aromatic N) is 3. The third-order valence-electron chi connectivity index (χ3n) is 4.99. The first-order valence-electron chi connectivity index (χ1n) is 10.8. The predicted molar refractivity (Wildman–Crippen MR) is 131 cm³/mol.